The number of allylic oxidation sites excluding steroid dienone is 2. The number of fused-ring (bicyclic) bond motifs is 1. The molecule has 0 bridgehead atoms. The summed E-state index contributed by atoms with van der Waals surface area (Å²) in [6, 6.07) is 1.69. The number of carbonyl (C=O) groups excluding carboxylic acids is 10. The molecule has 0 radical (unpaired) electrons. The fourth-order valence-corrected chi connectivity index (χ4v) is 6.49. The van der Waals surface area contributed by atoms with E-state index >= 15 is 0 Å². The highest BCUT2D eigenvalue weighted by Gasteiger charge is 2.57. The molecule has 2 heterocycles. The third-order valence-electron chi connectivity index (χ3n) is 8.60. The van der Waals surface area contributed by atoms with Crippen LogP contribution in [0.25, 0.3) is 0 Å². The monoisotopic (exact) mass is 882 g/mol. The molecule has 10 atom stereocenters. The Bertz CT molecular complexity index is 1890. The number of hydrogen-bond donors (Lipinski definition) is 2. The molecule has 0 unspecified atom stereocenters. The van der Waals surface area contributed by atoms with Crippen LogP contribution in [0.2, 0.25) is 0 Å². The van der Waals surface area contributed by atoms with E-state index in [1.165, 1.54) is 0 Å². The van der Waals surface area contributed by atoms with E-state index in [4.69, 9.17) is 56.8 Å². The predicted octanol–water partition coefficient (Wildman–Crippen LogP) is -0.112. The summed E-state index contributed by atoms with van der Waals surface area (Å²) >= 11 is 0. The molecule has 24 heteroatoms. The number of rotatable bonds is 14. The maximum absolute atomic E-state index is 14.5. The normalized spacial score (nSPS) is 26.7. The second-order valence-electron chi connectivity index (χ2n) is 13.5. The Balaban J connectivity index is 1.98. The lowest BCUT2D eigenvalue weighted by atomic mass is 9.90. The Morgan fingerprint density at radius 1 is 0.452 bits per heavy atom. The van der Waals surface area contributed by atoms with Crippen molar-refractivity contribution in [1.29, 1.82) is 0 Å². The average Bonchev–Trinajstić information content (AvgIpc) is 3.14. The predicted molar refractivity (Wildman–Crippen MR) is 192 cm³/mol. The molecule has 1 aromatic carbocycles. The van der Waals surface area contributed by atoms with Gasteiger partial charge in [-0.05, 0) is 12.1 Å². The average molecular weight is 883 g/mol. The van der Waals surface area contributed by atoms with E-state index in [2.05, 4.69) is 0 Å². The molecule has 2 saturated heterocycles. The fraction of sp³-hybridized carbons (Fsp3) is 0.526. The first-order chi connectivity index (χ1) is 29.0. The number of benzene rings is 1. The van der Waals surface area contributed by atoms with Crippen LogP contribution >= 0.6 is 0 Å². The van der Waals surface area contributed by atoms with Crippen LogP contribution in [-0.2, 0) is 95.2 Å². The van der Waals surface area contributed by atoms with Crippen LogP contribution in [-0.4, -0.2) is 144 Å². The summed E-state index contributed by atoms with van der Waals surface area (Å²) in [4.78, 5) is 127. The Kier molecular flexibility index (Phi) is 15.6. The Labute approximate surface area is 350 Å². The second kappa shape index (κ2) is 20.2. The van der Waals surface area contributed by atoms with Crippen molar-refractivity contribution in [3.8, 4) is 11.5 Å². The van der Waals surface area contributed by atoms with Gasteiger partial charge in [-0.25, -0.2) is 0 Å². The van der Waals surface area contributed by atoms with Crippen LogP contribution < -0.4 is 0 Å². The molecule has 2 fully saturated rings. The fourth-order valence-electron chi connectivity index (χ4n) is 6.49. The van der Waals surface area contributed by atoms with E-state index in [1.54, 1.807) is 0 Å². The molecule has 2 N–H and O–H groups in total. The minimum absolute atomic E-state index is 0.755. The highest BCUT2D eigenvalue weighted by molar-refractivity contribution is 6.27. The number of ketones is 2. The van der Waals surface area contributed by atoms with Gasteiger partial charge in [-0.15, -0.1) is 0 Å². The molecule has 62 heavy (non-hydrogen) atoms. The standard InChI is InChI=1S/C38H42O24/c1-13(39)51-11-23-29(53-15(3)41)33(55-17(5)43)35(57-19(7)45)37(59-23)61-31-27(49)25-21(47)9-10-22(48)26(25)28(50)32(31)62-38-36(58-20(8)46)34(56-18(6)44)30(54-16(4)42)24(60-38)12-52-14(2)40/h9-10,23-24,29-30,33-38,47-48H,11-12H2,1-8H3/t23-,24-,29-,30-,33+,34+,35-,36-,37+,38+/m1/s1. The zero-order valence-electron chi connectivity index (χ0n) is 34.2. The number of ether oxygens (including phenoxy) is 12. The summed E-state index contributed by atoms with van der Waals surface area (Å²) in [5.41, 5.74) is -1.74. The van der Waals surface area contributed by atoms with Crippen molar-refractivity contribution in [3.05, 3.63) is 34.8 Å². The van der Waals surface area contributed by atoms with E-state index in [9.17, 15) is 58.2 Å². The lowest BCUT2D eigenvalue weighted by molar-refractivity contribution is -0.304. The van der Waals surface area contributed by atoms with Crippen LogP contribution in [0.1, 0.15) is 76.1 Å². The van der Waals surface area contributed by atoms with Gasteiger partial charge >= 0.3 is 47.8 Å². The zero-order valence-corrected chi connectivity index (χ0v) is 34.2. The highest BCUT2D eigenvalue weighted by atomic mass is 16.8. The summed E-state index contributed by atoms with van der Waals surface area (Å²) in [7, 11) is 0. The first-order valence-corrected chi connectivity index (χ1v) is 18.3. The minimum Gasteiger partial charge on any atom is -0.507 e. The van der Waals surface area contributed by atoms with Crippen molar-refractivity contribution in [2.45, 2.75) is 117 Å². The van der Waals surface area contributed by atoms with Crippen molar-refractivity contribution >= 4 is 59.3 Å². The van der Waals surface area contributed by atoms with E-state index < -0.39 is 168 Å². The van der Waals surface area contributed by atoms with Crippen LogP contribution in [0.3, 0.4) is 0 Å². The maximum atomic E-state index is 14.5. The summed E-state index contributed by atoms with van der Waals surface area (Å²) in [5, 5.41) is 21.6. The third-order valence-corrected chi connectivity index (χ3v) is 8.60. The van der Waals surface area contributed by atoms with Crippen molar-refractivity contribution in [1.82, 2.24) is 0 Å². The SMILES string of the molecule is CC(=O)OC[C@H]1O[C@@H](OC2=C(O[C@@H]3O[C@H](COC(C)=O)[C@@H](OC(C)=O)[C@H](OC(C)=O)[C@H]3OC(C)=O)C(=O)c3c(O)ccc(O)c3C2=O)[C@H](OC(C)=O)[C@@H](OC(C)=O)[C@@H]1OC(C)=O. The number of phenolic OH excluding ortho intramolecular Hbond substituents is 2. The Hall–Kier alpha value is -6.82. The largest absolute Gasteiger partial charge is 0.507 e. The van der Waals surface area contributed by atoms with Gasteiger partial charge in [0.2, 0.25) is 47.9 Å². The summed E-state index contributed by atoms with van der Waals surface area (Å²) < 4.78 is 66.2. The number of Topliss-reactive ketones (excluding diaryl/α,β-unsaturated/α-hetero) is 2. The lowest BCUT2D eigenvalue weighted by Crippen LogP contribution is -2.63. The molecule has 338 valence electrons. The van der Waals surface area contributed by atoms with Crippen LogP contribution in [0.4, 0.5) is 0 Å². The van der Waals surface area contributed by atoms with Gasteiger partial charge in [0.05, 0.1) is 11.1 Å². The molecule has 0 aromatic heterocycles. The topological polar surface area (TPSA) is 322 Å². The minimum atomic E-state index is -2.21. The van der Waals surface area contributed by atoms with Gasteiger partial charge in [-0.2, -0.15) is 0 Å². The van der Waals surface area contributed by atoms with Crippen molar-refractivity contribution in [2.75, 3.05) is 13.2 Å². The van der Waals surface area contributed by atoms with Gasteiger partial charge in [-0.1, -0.05) is 0 Å². The second-order valence-corrected chi connectivity index (χ2v) is 13.5. The van der Waals surface area contributed by atoms with E-state index in [1.807, 2.05) is 0 Å². The molecule has 0 amide bonds. The molecule has 2 aliphatic heterocycles. The number of hydrogen-bond acceptors (Lipinski definition) is 24. The van der Waals surface area contributed by atoms with Crippen molar-refractivity contribution in [3.63, 3.8) is 0 Å². The van der Waals surface area contributed by atoms with Crippen LogP contribution in [0, 0.1) is 0 Å². The molecule has 1 aromatic rings. The number of carbonyl (C=O) groups is 10. The van der Waals surface area contributed by atoms with Gasteiger partial charge in [0.25, 0.3) is 0 Å². The van der Waals surface area contributed by atoms with Gasteiger partial charge in [0, 0.05) is 55.4 Å². The van der Waals surface area contributed by atoms with Crippen LogP contribution in [0.15, 0.2) is 23.7 Å². The smallest absolute Gasteiger partial charge is 0.303 e. The van der Waals surface area contributed by atoms with Crippen molar-refractivity contribution < 1.29 is 115 Å². The first-order valence-electron chi connectivity index (χ1n) is 18.3. The number of phenols is 2. The molecular weight excluding hydrogens is 840 g/mol. The Morgan fingerprint density at radius 2 is 0.726 bits per heavy atom. The van der Waals surface area contributed by atoms with Gasteiger partial charge in [0.1, 0.15) is 36.9 Å². The van der Waals surface area contributed by atoms with Crippen molar-refractivity contribution in [2.24, 2.45) is 0 Å². The molecule has 4 rings (SSSR count). The highest BCUT2D eigenvalue weighted by Crippen LogP contribution is 2.42. The summed E-state index contributed by atoms with van der Waals surface area (Å²) in [5.74, 6) is -15.1. The molecule has 0 saturated carbocycles. The third kappa shape index (κ3) is 11.5. The molecular formula is C38H42O24. The zero-order chi connectivity index (χ0) is 46.3. The summed E-state index contributed by atoms with van der Waals surface area (Å²) in [6.07, 6.45) is -18.8. The maximum Gasteiger partial charge on any atom is 0.303 e. The van der Waals surface area contributed by atoms with Crippen LogP contribution in [0.5, 0.6) is 11.5 Å². The summed E-state index contributed by atoms with van der Waals surface area (Å²) in [6.45, 7) is 6.10. The van der Waals surface area contributed by atoms with E-state index in [0.29, 0.717) is 0 Å². The number of esters is 8. The molecule has 24 nitrogen and oxygen atoms in total. The van der Waals surface area contributed by atoms with E-state index in [0.717, 1.165) is 67.5 Å². The molecule has 0 spiro atoms. The number of aromatic hydroxyl groups is 2. The quantitative estimate of drug-likeness (QED) is 0.140. The Morgan fingerprint density at radius 3 is 1.00 bits per heavy atom. The molecule has 1 aliphatic carbocycles. The van der Waals surface area contributed by atoms with E-state index in [-0.39, 0.29) is 0 Å². The molecule has 3 aliphatic rings. The van der Waals surface area contributed by atoms with Gasteiger partial charge in [-0.3, -0.25) is 47.9 Å². The lowest BCUT2D eigenvalue weighted by Gasteiger charge is -2.45. The first kappa shape index (κ1) is 47.9. The van der Waals surface area contributed by atoms with Gasteiger partial charge in [0.15, 0.2) is 24.4 Å². The van der Waals surface area contributed by atoms with Gasteiger partial charge < -0.3 is 67.1 Å².